The first-order valence-electron chi connectivity index (χ1n) is 10.8. The van der Waals surface area contributed by atoms with E-state index in [1.165, 1.54) is 0 Å². The van der Waals surface area contributed by atoms with Gasteiger partial charge in [0.05, 0.1) is 11.3 Å². The number of carbonyl (C=O) groups is 1. The predicted molar refractivity (Wildman–Crippen MR) is 129 cm³/mol. The molecule has 0 spiro atoms. The van der Waals surface area contributed by atoms with E-state index in [0.29, 0.717) is 34.7 Å². The lowest BCUT2D eigenvalue weighted by Crippen LogP contribution is -2.30. The SMILES string of the molecule is O=C1CSC(c2ccc3c(c2)OCO3)N1c1nnc2c3ccccc3nc(-c3ccccc3)n12. The van der Waals surface area contributed by atoms with Gasteiger partial charge in [0.25, 0.3) is 0 Å². The number of thioether (sulfide) groups is 1. The smallest absolute Gasteiger partial charge is 0.241 e. The van der Waals surface area contributed by atoms with Gasteiger partial charge in [-0.1, -0.05) is 48.5 Å². The van der Waals surface area contributed by atoms with Crippen LogP contribution in [-0.2, 0) is 4.79 Å². The van der Waals surface area contributed by atoms with E-state index in [0.717, 1.165) is 22.0 Å². The highest BCUT2D eigenvalue weighted by Gasteiger charge is 2.38. The molecule has 1 unspecified atom stereocenters. The summed E-state index contributed by atoms with van der Waals surface area (Å²) in [5.74, 6) is 2.83. The third kappa shape index (κ3) is 2.87. The second-order valence-corrected chi connectivity index (χ2v) is 9.09. The zero-order valence-electron chi connectivity index (χ0n) is 17.8. The molecule has 0 aliphatic carbocycles. The number of hydrogen-bond donors (Lipinski definition) is 0. The zero-order chi connectivity index (χ0) is 22.6. The van der Waals surface area contributed by atoms with Crippen molar-refractivity contribution >= 4 is 40.2 Å². The van der Waals surface area contributed by atoms with Gasteiger partial charge in [0.2, 0.25) is 18.6 Å². The van der Waals surface area contributed by atoms with E-state index in [4.69, 9.17) is 14.5 Å². The van der Waals surface area contributed by atoms with Crippen molar-refractivity contribution in [1.82, 2.24) is 19.6 Å². The van der Waals surface area contributed by atoms with Gasteiger partial charge in [0.15, 0.2) is 17.1 Å². The summed E-state index contributed by atoms with van der Waals surface area (Å²) in [6.07, 6.45) is 0. The molecule has 0 N–H and O–H groups in total. The summed E-state index contributed by atoms with van der Waals surface area (Å²) in [4.78, 5) is 19.9. The standard InChI is InChI=1S/C25H17N5O3S/c31-21-13-34-24(16-10-11-19-20(12-16)33-14-32-19)29(21)25-28-27-23-17-8-4-5-9-18(17)26-22(30(23)25)15-6-2-1-3-7-15/h1-12,24H,13-14H2. The van der Waals surface area contributed by atoms with E-state index >= 15 is 0 Å². The van der Waals surface area contributed by atoms with Gasteiger partial charge in [-0.15, -0.1) is 22.0 Å². The minimum Gasteiger partial charge on any atom is -0.454 e. The molecule has 0 bridgehead atoms. The van der Waals surface area contributed by atoms with E-state index in [1.54, 1.807) is 16.7 Å². The molecule has 0 saturated carbocycles. The maximum Gasteiger partial charge on any atom is 0.241 e. The van der Waals surface area contributed by atoms with Crippen LogP contribution >= 0.6 is 11.8 Å². The fourth-order valence-corrected chi connectivity index (χ4v) is 5.60. The summed E-state index contributed by atoms with van der Waals surface area (Å²) >= 11 is 1.55. The van der Waals surface area contributed by atoms with Crippen LogP contribution < -0.4 is 14.4 Å². The summed E-state index contributed by atoms with van der Waals surface area (Å²) in [5.41, 5.74) is 3.33. The molecule has 2 aromatic heterocycles. The van der Waals surface area contributed by atoms with Gasteiger partial charge in [0, 0.05) is 10.9 Å². The molecule has 5 aromatic rings. The van der Waals surface area contributed by atoms with Crippen LogP contribution in [0.15, 0.2) is 72.8 Å². The number of carbonyl (C=O) groups excluding carboxylic acids is 1. The molecule has 9 heteroatoms. The second kappa shape index (κ2) is 7.46. The molecule has 3 aromatic carbocycles. The Morgan fingerprint density at radius 2 is 1.74 bits per heavy atom. The normalized spacial score (nSPS) is 17.2. The molecule has 0 radical (unpaired) electrons. The predicted octanol–water partition coefficient (Wildman–Crippen LogP) is 4.45. The number of amides is 1. The van der Waals surface area contributed by atoms with Crippen molar-refractivity contribution in [2.45, 2.75) is 5.37 Å². The van der Waals surface area contributed by atoms with E-state index < -0.39 is 0 Å². The number of fused-ring (bicyclic) bond motifs is 4. The Morgan fingerprint density at radius 1 is 0.912 bits per heavy atom. The number of anilines is 1. The van der Waals surface area contributed by atoms with Crippen molar-refractivity contribution < 1.29 is 14.3 Å². The highest BCUT2D eigenvalue weighted by atomic mass is 32.2. The molecule has 2 aliphatic rings. The number of hydrogen-bond acceptors (Lipinski definition) is 7. The maximum atomic E-state index is 13.2. The van der Waals surface area contributed by atoms with Crippen molar-refractivity contribution in [3.05, 3.63) is 78.4 Å². The Bertz CT molecular complexity index is 1590. The lowest BCUT2D eigenvalue weighted by molar-refractivity contribution is -0.115. The van der Waals surface area contributed by atoms with E-state index in [-0.39, 0.29) is 18.1 Å². The van der Waals surface area contributed by atoms with Crippen LogP contribution in [0.4, 0.5) is 5.95 Å². The van der Waals surface area contributed by atoms with Crippen molar-refractivity contribution in [1.29, 1.82) is 0 Å². The first-order valence-corrected chi connectivity index (χ1v) is 11.9. The van der Waals surface area contributed by atoms with E-state index in [9.17, 15) is 4.79 Å². The Labute approximate surface area is 198 Å². The van der Waals surface area contributed by atoms with Gasteiger partial charge < -0.3 is 9.47 Å². The Balaban J connectivity index is 1.46. The number of aromatic nitrogens is 4. The summed E-state index contributed by atoms with van der Waals surface area (Å²) in [6.45, 7) is 0.202. The largest absolute Gasteiger partial charge is 0.454 e. The molecule has 4 heterocycles. The Hall–Kier alpha value is -4.11. The van der Waals surface area contributed by atoms with Crippen molar-refractivity contribution in [3.8, 4) is 22.9 Å². The molecule has 166 valence electrons. The minimum atomic E-state index is -0.274. The summed E-state index contributed by atoms with van der Waals surface area (Å²) in [6, 6.07) is 23.5. The van der Waals surface area contributed by atoms with Crippen LogP contribution in [0.5, 0.6) is 11.5 Å². The van der Waals surface area contributed by atoms with Crippen LogP contribution in [0.2, 0.25) is 0 Å². The van der Waals surface area contributed by atoms with Crippen molar-refractivity contribution in [2.24, 2.45) is 0 Å². The first-order chi connectivity index (χ1) is 16.8. The molecule has 2 aliphatic heterocycles. The molecule has 1 fully saturated rings. The first kappa shape index (κ1) is 19.4. The third-order valence-electron chi connectivity index (χ3n) is 6.03. The lowest BCUT2D eigenvalue weighted by Gasteiger charge is -2.23. The summed E-state index contributed by atoms with van der Waals surface area (Å²) < 4.78 is 12.9. The average Bonchev–Trinajstić information content (AvgIpc) is 3.61. The molecular formula is C25H17N5O3S. The number of nitrogens with zero attached hydrogens (tertiary/aromatic N) is 5. The number of para-hydroxylation sites is 1. The summed E-state index contributed by atoms with van der Waals surface area (Å²) in [5, 5.41) is 9.65. The van der Waals surface area contributed by atoms with Gasteiger partial charge in [-0.05, 0) is 29.8 Å². The molecule has 1 atom stereocenters. The fraction of sp³-hybridized carbons (Fsp3) is 0.120. The second-order valence-electron chi connectivity index (χ2n) is 8.02. The highest BCUT2D eigenvalue weighted by molar-refractivity contribution is 8.00. The molecule has 34 heavy (non-hydrogen) atoms. The highest BCUT2D eigenvalue weighted by Crippen LogP contribution is 2.45. The van der Waals surface area contributed by atoms with E-state index in [1.807, 2.05) is 77.2 Å². The number of benzene rings is 3. The van der Waals surface area contributed by atoms with Gasteiger partial charge >= 0.3 is 0 Å². The molecule has 1 saturated heterocycles. The summed E-state index contributed by atoms with van der Waals surface area (Å²) in [7, 11) is 0. The number of ether oxygens (including phenoxy) is 2. The van der Waals surface area contributed by atoms with Crippen LogP contribution in [0.3, 0.4) is 0 Å². The zero-order valence-corrected chi connectivity index (χ0v) is 18.6. The maximum absolute atomic E-state index is 13.2. The van der Waals surface area contributed by atoms with Gasteiger partial charge in [0.1, 0.15) is 11.2 Å². The molecule has 8 nitrogen and oxygen atoms in total. The van der Waals surface area contributed by atoms with Gasteiger partial charge in [-0.2, -0.15) is 0 Å². The van der Waals surface area contributed by atoms with Crippen molar-refractivity contribution in [2.75, 3.05) is 17.4 Å². The van der Waals surface area contributed by atoms with Gasteiger partial charge in [-0.3, -0.25) is 9.69 Å². The van der Waals surface area contributed by atoms with E-state index in [2.05, 4.69) is 10.2 Å². The molecular weight excluding hydrogens is 450 g/mol. The minimum absolute atomic E-state index is 0.0332. The quantitative estimate of drug-likeness (QED) is 0.388. The van der Waals surface area contributed by atoms with Crippen LogP contribution in [0.1, 0.15) is 10.9 Å². The lowest BCUT2D eigenvalue weighted by atomic mass is 10.1. The Morgan fingerprint density at radius 3 is 2.65 bits per heavy atom. The molecule has 7 rings (SSSR count). The van der Waals surface area contributed by atoms with Gasteiger partial charge in [-0.25, -0.2) is 9.38 Å². The van der Waals surface area contributed by atoms with Crippen molar-refractivity contribution in [3.63, 3.8) is 0 Å². The van der Waals surface area contributed by atoms with Crippen LogP contribution in [-0.4, -0.2) is 38.0 Å². The van der Waals surface area contributed by atoms with Crippen LogP contribution in [0.25, 0.3) is 27.9 Å². The topological polar surface area (TPSA) is 81.9 Å². The van der Waals surface area contributed by atoms with Crippen LogP contribution in [0, 0.1) is 0 Å². The fourth-order valence-electron chi connectivity index (χ4n) is 4.46. The Kier molecular flexibility index (Phi) is 4.25. The average molecular weight is 468 g/mol. The monoisotopic (exact) mass is 467 g/mol. The number of rotatable bonds is 3. The third-order valence-corrected chi connectivity index (χ3v) is 7.24. The molecule has 1 amide bonds.